The van der Waals surface area contributed by atoms with Crippen molar-refractivity contribution in [2.45, 2.75) is 0 Å². The molecule has 2 heteroatoms. The van der Waals surface area contributed by atoms with E-state index in [1.54, 1.807) is 11.8 Å². The molecule has 0 N–H and O–H groups in total. The number of halogens is 1. The Morgan fingerprint density at radius 3 is 1.76 bits per heavy atom. The molecule has 86 valence electrons. The van der Waals surface area contributed by atoms with Gasteiger partial charge in [-0.25, -0.2) is 0 Å². The number of hydrogen-bond donors (Lipinski definition) is 0. The zero-order valence-corrected chi connectivity index (χ0v) is 11.1. The van der Waals surface area contributed by atoms with Crippen molar-refractivity contribution in [2.24, 2.45) is 0 Å². The van der Waals surface area contributed by atoms with Gasteiger partial charge in [-0.2, -0.15) is 0 Å². The zero-order valence-electron chi connectivity index (χ0n) is 9.56. The summed E-state index contributed by atoms with van der Waals surface area (Å²) in [5.74, 6) is 0. The third kappa shape index (κ3) is 2.93. The molecule has 2 rings (SSSR count). The first-order chi connectivity index (χ1) is 8.33. The zero-order chi connectivity index (χ0) is 12.1. The summed E-state index contributed by atoms with van der Waals surface area (Å²) >= 11 is 8.14. The third-order valence-electron chi connectivity index (χ3n) is 2.47. The van der Waals surface area contributed by atoms with E-state index in [1.807, 2.05) is 54.8 Å². The second-order valence-electron chi connectivity index (χ2n) is 3.58. The Kier molecular flexibility index (Phi) is 4.29. The van der Waals surface area contributed by atoms with Crippen LogP contribution in [0.1, 0.15) is 11.1 Å². The van der Waals surface area contributed by atoms with Crippen molar-refractivity contribution < 1.29 is 0 Å². The smallest absolute Gasteiger partial charge is 0.0620 e. The summed E-state index contributed by atoms with van der Waals surface area (Å²) in [5.41, 5.74) is 2.22. The van der Waals surface area contributed by atoms with Crippen LogP contribution < -0.4 is 0 Å². The molecule has 0 saturated heterocycles. The van der Waals surface area contributed by atoms with Gasteiger partial charge in [0.25, 0.3) is 0 Å². The van der Waals surface area contributed by atoms with Crippen LogP contribution in [0.5, 0.6) is 0 Å². The summed E-state index contributed by atoms with van der Waals surface area (Å²) in [6.07, 6.45) is 2.05. The Morgan fingerprint density at radius 1 is 0.824 bits per heavy atom. The second-order valence-corrected chi connectivity index (χ2v) is 4.77. The molecular weight excluding hydrogens is 248 g/mol. The van der Waals surface area contributed by atoms with Gasteiger partial charge < -0.3 is 0 Å². The highest BCUT2D eigenvalue weighted by Gasteiger charge is 2.07. The van der Waals surface area contributed by atoms with E-state index in [1.165, 1.54) is 0 Å². The number of hydrogen-bond acceptors (Lipinski definition) is 1. The molecule has 0 heterocycles. The first-order valence-corrected chi connectivity index (χ1v) is 6.98. The van der Waals surface area contributed by atoms with E-state index in [2.05, 4.69) is 12.1 Å². The molecule has 0 radical (unpaired) electrons. The maximum absolute atomic E-state index is 6.47. The van der Waals surface area contributed by atoms with Gasteiger partial charge in [-0.15, -0.1) is 11.8 Å². The monoisotopic (exact) mass is 260 g/mol. The van der Waals surface area contributed by atoms with Crippen LogP contribution in [0.15, 0.2) is 60.7 Å². The first-order valence-electron chi connectivity index (χ1n) is 5.37. The first kappa shape index (κ1) is 12.3. The highest BCUT2D eigenvalue weighted by atomic mass is 35.5. The molecule has 17 heavy (non-hydrogen) atoms. The molecule has 0 aliphatic rings. The molecule has 0 bridgehead atoms. The molecule has 0 saturated carbocycles. The van der Waals surface area contributed by atoms with E-state index in [0.29, 0.717) is 0 Å². The quantitative estimate of drug-likeness (QED) is 0.691. The van der Waals surface area contributed by atoms with Crippen molar-refractivity contribution in [1.82, 2.24) is 0 Å². The summed E-state index contributed by atoms with van der Waals surface area (Å²) in [7, 11) is 0. The van der Waals surface area contributed by atoms with Crippen molar-refractivity contribution in [3.05, 3.63) is 71.8 Å². The van der Waals surface area contributed by atoms with Crippen LogP contribution >= 0.6 is 23.4 Å². The van der Waals surface area contributed by atoms with Crippen LogP contribution in [-0.4, -0.2) is 6.26 Å². The van der Waals surface area contributed by atoms with Crippen LogP contribution in [0.4, 0.5) is 0 Å². The highest BCUT2D eigenvalue weighted by Crippen LogP contribution is 2.36. The molecule has 0 aliphatic heterocycles. The Balaban J connectivity index is 2.48. The van der Waals surface area contributed by atoms with E-state index in [-0.39, 0.29) is 0 Å². The Hall–Kier alpha value is -1.18. The Bertz CT molecular complexity index is 503. The van der Waals surface area contributed by atoms with Crippen LogP contribution in [0.2, 0.25) is 0 Å². The lowest BCUT2D eigenvalue weighted by Gasteiger charge is -2.08. The molecule has 0 atom stereocenters. The summed E-state index contributed by atoms with van der Waals surface area (Å²) < 4.78 is 0. The standard InChI is InChI=1S/C15H13ClS/c1-17-15(13-10-6-3-7-11-13)14(16)12-8-4-2-5-9-12/h2-11H,1H3/b15-14-. The predicted octanol–water partition coefficient (Wildman–Crippen LogP) is 5.11. The predicted molar refractivity (Wildman–Crippen MR) is 79.1 cm³/mol. The minimum absolute atomic E-state index is 0.810. The van der Waals surface area contributed by atoms with Crippen molar-refractivity contribution in [1.29, 1.82) is 0 Å². The molecule has 0 amide bonds. The topological polar surface area (TPSA) is 0 Å². The summed E-state index contributed by atoms with van der Waals surface area (Å²) in [6, 6.07) is 20.3. The van der Waals surface area contributed by atoms with Crippen molar-refractivity contribution >= 4 is 33.3 Å². The van der Waals surface area contributed by atoms with E-state index in [4.69, 9.17) is 11.6 Å². The van der Waals surface area contributed by atoms with E-state index >= 15 is 0 Å². The summed E-state index contributed by atoms with van der Waals surface area (Å²) in [4.78, 5) is 1.11. The fraction of sp³-hybridized carbons (Fsp3) is 0.0667. The van der Waals surface area contributed by atoms with Gasteiger partial charge in [0.1, 0.15) is 0 Å². The SMILES string of the molecule is CS/C(=C(\Cl)c1ccccc1)c1ccccc1. The molecule has 0 nitrogen and oxygen atoms in total. The second kappa shape index (κ2) is 5.95. The van der Waals surface area contributed by atoms with Gasteiger partial charge >= 0.3 is 0 Å². The molecule has 0 aromatic heterocycles. The Morgan fingerprint density at radius 2 is 1.29 bits per heavy atom. The van der Waals surface area contributed by atoms with E-state index < -0.39 is 0 Å². The largest absolute Gasteiger partial charge is 0.127 e. The van der Waals surface area contributed by atoms with Gasteiger partial charge in [0.05, 0.1) is 5.03 Å². The molecule has 0 unspecified atom stereocenters. The van der Waals surface area contributed by atoms with Crippen LogP contribution in [0, 0.1) is 0 Å². The van der Waals surface area contributed by atoms with Crippen LogP contribution in [0.25, 0.3) is 9.94 Å². The van der Waals surface area contributed by atoms with E-state index in [0.717, 1.165) is 21.1 Å². The maximum atomic E-state index is 6.47. The number of thioether (sulfide) groups is 1. The van der Waals surface area contributed by atoms with Gasteiger partial charge in [0.2, 0.25) is 0 Å². The van der Waals surface area contributed by atoms with Gasteiger partial charge in [0, 0.05) is 4.91 Å². The third-order valence-corrected chi connectivity index (χ3v) is 3.83. The molecule has 2 aromatic rings. The number of rotatable bonds is 3. The van der Waals surface area contributed by atoms with Crippen molar-refractivity contribution in [2.75, 3.05) is 6.26 Å². The highest BCUT2D eigenvalue weighted by molar-refractivity contribution is 8.08. The summed E-state index contributed by atoms with van der Waals surface area (Å²) in [6.45, 7) is 0. The summed E-state index contributed by atoms with van der Waals surface area (Å²) in [5, 5.41) is 0.810. The fourth-order valence-electron chi connectivity index (χ4n) is 1.64. The molecule has 0 spiro atoms. The molecule has 0 aliphatic carbocycles. The lowest BCUT2D eigenvalue weighted by atomic mass is 10.1. The number of benzene rings is 2. The van der Waals surface area contributed by atoms with Gasteiger partial charge in [-0.1, -0.05) is 72.3 Å². The van der Waals surface area contributed by atoms with E-state index in [9.17, 15) is 0 Å². The average Bonchev–Trinajstić information content (AvgIpc) is 2.42. The van der Waals surface area contributed by atoms with Crippen molar-refractivity contribution in [3.8, 4) is 0 Å². The van der Waals surface area contributed by atoms with Gasteiger partial charge in [-0.3, -0.25) is 0 Å². The molecule has 0 fully saturated rings. The lowest BCUT2D eigenvalue weighted by Crippen LogP contribution is -1.84. The van der Waals surface area contributed by atoms with Crippen molar-refractivity contribution in [3.63, 3.8) is 0 Å². The lowest BCUT2D eigenvalue weighted by molar-refractivity contribution is 1.63. The normalized spacial score (nSPS) is 12.1. The van der Waals surface area contributed by atoms with Crippen LogP contribution in [-0.2, 0) is 0 Å². The molecule has 2 aromatic carbocycles. The average molecular weight is 261 g/mol. The fourth-order valence-corrected chi connectivity index (χ4v) is 2.77. The minimum atomic E-state index is 0.810. The minimum Gasteiger partial charge on any atom is -0.127 e. The van der Waals surface area contributed by atoms with Crippen LogP contribution in [0.3, 0.4) is 0 Å². The van der Waals surface area contributed by atoms with Gasteiger partial charge in [-0.05, 0) is 17.4 Å². The maximum Gasteiger partial charge on any atom is 0.0620 e. The molecular formula is C15H13ClS. The van der Waals surface area contributed by atoms with Gasteiger partial charge in [0.15, 0.2) is 0 Å². The Labute approximate surface area is 111 Å².